The topological polar surface area (TPSA) is 73.6 Å². The minimum Gasteiger partial charge on any atom is -0.397 e. The minimum atomic E-state index is -0.174. The van der Waals surface area contributed by atoms with Crippen molar-refractivity contribution in [1.82, 2.24) is 0 Å². The van der Waals surface area contributed by atoms with Gasteiger partial charge in [0, 0.05) is 5.02 Å². The standard InChI is InChI=1S/C15H23ClN2O3/c1-15(2,3)21-9-8-20-7-6-14(19)18-13-5-4-11(16)10-12(13)17/h4-5,10H,6-9,17H2,1-3H3,(H,18,19). The van der Waals surface area contributed by atoms with Crippen LogP contribution in [0.15, 0.2) is 18.2 Å². The van der Waals surface area contributed by atoms with Gasteiger partial charge in [0.1, 0.15) is 0 Å². The van der Waals surface area contributed by atoms with Crippen LogP contribution in [0.3, 0.4) is 0 Å². The smallest absolute Gasteiger partial charge is 0.226 e. The van der Waals surface area contributed by atoms with Crippen LogP contribution in [0.2, 0.25) is 5.02 Å². The molecule has 0 bridgehead atoms. The molecule has 0 aliphatic carbocycles. The van der Waals surface area contributed by atoms with Gasteiger partial charge < -0.3 is 20.5 Å². The lowest BCUT2D eigenvalue weighted by atomic mass is 10.2. The Morgan fingerprint density at radius 1 is 1.29 bits per heavy atom. The van der Waals surface area contributed by atoms with Gasteiger partial charge in [-0.15, -0.1) is 0 Å². The number of nitrogens with two attached hydrogens (primary N) is 1. The molecule has 0 saturated heterocycles. The minimum absolute atomic E-state index is 0.152. The summed E-state index contributed by atoms with van der Waals surface area (Å²) in [7, 11) is 0. The Balaban J connectivity index is 2.20. The molecule has 1 amide bonds. The predicted molar refractivity (Wildman–Crippen MR) is 85.6 cm³/mol. The van der Waals surface area contributed by atoms with Crippen LogP contribution in [0.5, 0.6) is 0 Å². The second-order valence-electron chi connectivity index (χ2n) is 5.60. The molecule has 0 heterocycles. The van der Waals surface area contributed by atoms with Crippen LogP contribution < -0.4 is 11.1 Å². The molecule has 1 aromatic rings. The second-order valence-corrected chi connectivity index (χ2v) is 6.04. The number of carbonyl (C=O) groups excluding carboxylic acids is 1. The molecule has 21 heavy (non-hydrogen) atoms. The lowest BCUT2D eigenvalue weighted by Crippen LogP contribution is -2.22. The third-order valence-electron chi connectivity index (χ3n) is 2.52. The third kappa shape index (κ3) is 7.90. The fraction of sp³-hybridized carbons (Fsp3) is 0.533. The van der Waals surface area contributed by atoms with Gasteiger partial charge >= 0.3 is 0 Å². The van der Waals surface area contributed by atoms with Crippen LogP contribution in [0, 0.1) is 0 Å². The highest BCUT2D eigenvalue weighted by Crippen LogP contribution is 2.22. The fourth-order valence-corrected chi connectivity index (χ4v) is 1.71. The third-order valence-corrected chi connectivity index (χ3v) is 2.76. The van der Waals surface area contributed by atoms with E-state index in [1.54, 1.807) is 18.2 Å². The number of halogens is 1. The summed E-state index contributed by atoms with van der Waals surface area (Å²) in [5.41, 5.74) is 6.58. The molecule has 3 N–H and O–H groups in total. The lowest BCUT2D eigenvalue weighted by molar-refractivity contribution is -0.117. The van der Waals surface area contributed by atoms with E-state index in [0.717, 1.165) is 0 Å². The highest BCUT2D eigenvalue weighted by Gasteiger charge is 2.09. The molecule has 0 unspecified atom stereocenters. The molecule has 0 aliphatic rings. The lowest BCUT2D eigenvalue weighted by Gasteiger charge is -2.19. The van der Waals surface area contributed by atoms with Crippen molar-refractivity contribution in [2.24, 2.45) is 0 Å². The van der Waals surface area contributed by atoms with E-state index >= 15 is 0 Å². The number of nitrogen functional groups attached to an aromatic ring is 1. The van der Waals surface area contributed by atoms with Gasteiger partial charge in [-0.05, 0) is 39.0 Å². The number of hydrogen-bond acceptors (Lipinski definition) is 4. The normalized spacial score (nSPS) is 11.4. The number of hydrogen-bond donors (Lipinski definition) is 2. The number of benzene rings is 1. The summed E-state index contributed by atoms with van der Waals surface area (Å²) >= 11 is 5.79. The Labute approximate surface area is 130 Å². The van der Waals surface area contributed by atoms with Crippen LogP contribution in [0.4, 0.5) is 11.4 Å². The van der Waals surface area contributed by atoms with E-state index in [9.17, 15) is 4.79 Å². The summed E-state index contributed by atoms with van der Waals surface area (Å²) in [6.45, 7) is 7.26. The van der Waals surface area contributed by atoms with Gasteiger partial charge in [-0.3, -0.25) is 4.79 Å². The molecule has 0 fully saturated rings. The summed E-state index contributed by atoms with van der Waals surface area (Å²) in [6, 6.07) is 4.94. The van der Waals surface area contributed by atoms with Gasteiger partial charge in [-0.1, -0.05) is 11.6 Å². The van der Waals surface area contributed by atoms with Crippen molar-refractivity contribution in [2.45, 2.75) is 32.8 Å². The fourth-order valence-electron chi connectivity index (χ4n) is 1.53. The Morgan fingerprint density at radius 2 is 2.00 bits per heavy atom. The Hall–Kier alpha value is -1.30. The van der Waals surface area contributed by atoms with E-state index in [1.165, 1.54) is 0 Å². The first-order valence-electron chi connectivity index (χ1n) is 6.84. The molecule has 6 heteroatoms. The van der Waals surface area contributed by atoms with E-state index in [1.807, 2.05) is 20.8 Å². The quantitative estimate of drug-likeness (QED) is 0.599. The Bertz CT molecular complexity index is 472. The first-order chi connectivity index (χ1) is 9.78. The van der Waals surface area contributed by atoms with Crippen molar-refractivity contribution >= 4 is 28.9 Å². The molecule has 0 radical (unpaired) electrons. The van der Waals surface area contributed by atoms with Crippen molar-refractivity contribution in [2.75, 3.05) is 30.9 Å². The van der Waals surface area contributed by atoms with Crippen molar-refractivity contribution in [1.29, 1.82) is 0 Å². The largest absolute Gasteiger partial charge is 0.397 e. The summed E-state index contributed by atoms with van der Waals surface area (Å²) in [4.78, 5) is 11.7. The molecular formula is C15H23ClN2O3. The van der Waals surface area contributed by atoms with Crippen LogP contribution in [0.1, 0.15) is 27.2 Å². The average molecular weight is 315 g/mol. The zero-order valence-electron chi connectivity index (χ0n) is 12.7. The SMILES string of the molecule is CC(C)(C)OCCOCCC(=O)Nc1ccc(Cl)cc1N. The summed E-state index contributed by atoms with van der Waals surface area (Å²) < 4.78 is 10.9. The second kappa shape index (κ2) is 8.22. The summed E-state index contributed by atoms with van der Waals surface area (Å²) in [5.74, 6) is -0.152. The van der Waals surface area contributed by atoms with Gasteiger partial charge in [0.05, 0.1) is 43.2 Å². The first kappa shape index (κ1) is 17.8. The van der Waals surface area contributed by atoms with Gasteiger partial charge in [0.25, 0.3) is 0 Å². The van der Waals surface area contributed by atoms with Gasteiger partial charge in [0.15, 0.2) is 0 Å². The Kier molecular flexibility index (Phi) is 6.95. The van der Waals surface area contributed by atoms with Crippen molar-refractivity contribution in [3.63, 3.8) is 0 Å². The monoisotopic (exact) mass is 314 g/mol. The molecule has 0 aliphatic heterocycles. The number of nitrogens with one attached hydrogen (secondary N) is 1. The number of rotatable bonds is 7. The zero-order valence-corrected chi connectivity index (χ0v) is 13.5. The predicted octanol–water partition coefficient (Wildman–Crippen LogP) is 3.08. The highest BCUT2D eigenvalue weighted by atomic mass is 35.5. The number of ether oxygens (including phenoxy) is 2. The van der Waals surface area contributed by atoms with E-state index in [-0.39, 0.29) is 17.9 Å². The maximum absolute atomic E-state index is 11.7. The van der Waals surface area contributed by atoms with Gasteiger partial charge in [0.2, 0.25) is 5.91 Å². The summed E-state index contributed by atoms with van der Waals surface area (Å²) in [5, 5.41) is 3.25. The molecule has 5 nitrogen and oxygen atoms in total. The van der Waals surface area contributed by atoms with Crippen molar-refractivity contribution in [3.05, 3.63) is 23.2 Å². The maximum Gasteiger partial charge on any atom is 0.226 e. The molecule has 0 saturated carbocycles. The van der Waals surface area contributed by atoms with E-state index < -0.39 is 0 Å². The van der Waals surface area contributed by atoms with Crippen molar-refractivity contribution < 1.29 is 14.3 Å². The molecule has 1 rings (SSSR count). The molecule has 0 aromatic heterocycles. The first-order valence-corrected chi connectivity index (χ1v) is 7.22. The van der Waals surface area contributed by atoms with Crippen LogP contribution >= 0.6 is 11.6 Å². The molecule has 0 spiro atoms. The van der Waals surface area contributed by atoms with Crippen molar-refractivity contribution in [3.8, 4) is 0 Å². The van der Waals surface area contributed by atoms with Crippen LogP contribution in [-0.4, -0.2) is 31.3 Å². The Morgan fingerprint density at radius 3 is 2.62 bits per heavy atom. The molecule has 0 atom stereocenters. The zero-order chi connectivity index (χ0) is 15.9. The number of amides is 1. The molecule has 1 aromatic carbocycles. The summed E-state index contributed by atoms with van der Waals surface area (Å²) in [6.07, 6.45) is 0.261. The van der Waals surface area contributed by atoms with Gasteiger partial charge in [-0.2, -0.15) is 0 Å². The van der Waals surface area contributed by atoms with Gasteiger partial charge in [-0.25, -0.2) is 0 Å². The highest BCUT2D eigenvalue weighted by molar-refractivity contribution is 6.31. The maximum atomic E-state index is 11.7. The molecule has 118 valence electrons. The van der Waals surface area contributed by atoms with Crippen LogP contribution in [-0.2, 0) is 14.3 Å². The van der Waals surface area contributed by atoms with E-state index in [0.29, 0.717) is 36.2 Å². The number of anilines is 2. The van der Waals surface area contributed by atoms with E-state index in [4.69, 9.17) is 26.8 Å². The van der Waals surface area contributed by atoms with E-state index in [2.05, 4.69) is 5.32 Å². The van der Waals surface area contributed by atoms with Crippen LogP contribution in [0.25, 0.3) is 0 Å². The number of carbonyl (C=O) groups is 1. The average Bonchev–Trinajstić information content (AvgIpc) is 2.36. The molecular weight excluding hydrogens is 292 g/mol.